The van der Waals surface area contributed by atoms with Crippen LogP contribution in [0.3, 0.4) is 0 Å². The number of hydrogen-bond acceptors (Lipinski definition) is 5. The fourth-order valence-electron chi connectivity index (χ4n) is 5.12. The first-order valence-electron chi connectivity index (χ1n) is 14.8. The average molecular weight is 558 g/mol. The van der Waals surface area contributed by atoms with Gasteiger partial charge in [0.15, 0.2) is 0 Å². The Kier molecular flexibility index (Phi) is 12.4. The average Bonchev–Trinajstić information content (AvgIpc) is 3.77. The normalized spacial score (nSPS) is 15.9. The van der Waals surface area contributed by atoms with Gasteiger partial charge in [-0.2, -0.15) is 8.42 Å². The summed E-state index contributed by atoms with van der Waals surface area (Å²) in [6, 6.07) is 9.22. The highest BCUT2D eigenvalue weighted by atomic mass is 32.2. The largest absolute Gasteiger partial charge is 0.315 e. The van der Waals surface area contributed by atoms with Crippen LogP contribution in [0.5, 0.6) is 0 Å². The molecule has 2 aromatic rings. The van der Waals surface area contributed by atoms with E-state index in [0.29, 0.717) is 12.5 Å². The van der Waals surface area contributed by atoms with Crippen molar-refractivity contribution in [3.8, 4) is 11.1 Å². The molecule has 1 aromatic carbocycles. The Labute approximate surface area is 235 Å². The first-order valence-corrected chi connectivity index (χ1v) is 16.4. The Morgan fingerprint density at radius 1 is 0.974 bits per heavy atom. The molecule has 4 rings (SSSR count). The second-order valence-corrected chi connectivity index (χ2v) is 12.7. The van der Waals surface area contributed by atoms with E-state index < -0.39 is 10.1 Å². The number of unbranched alkanes of at least 4 members (excludes halogenated alkanes) is 7. The first kappa shape index (κ1) is 31.2. The summed E-state index contributed by atoms with van der Waals surface area (Å²) in [6.45, 7) is 4.75. The number of aromatic nitrogens is 1. The van der Waals surface area contributed by atoms with Gasteiger partial charge in [-0.1, -0.05) is 57.9 Å². The zero-order valence-electron chi connectivity index (χ0n) is 24.0. The number of carbonyl (C=O) groups is 1. The predicted molar refractivity (Wildman–Crippen MR) is 160 cm³/mol. The van der Waals surface area contributed by atoms with Gasteiger partial charge in [0.1, 0.15) is 0 Å². The van der Waals surface area contributed by atoms with Gasteiger partial charge < -0.3 is 10.2 Å². The monoisotopic (exact) mass is 557 g/mol. The van der Waals surface area contributed by atoms with Crippen molar-refractivity contribution in [3.05, 3.63) is 47.8 Å². The highest BCUT2D eigenvalue weighted by Crippen LogP contribution is 2.41. The van der Waals surface area contributed by atoms with E-state index in [1.165, 1.54) is 93.4 Å². The number of benzene rings is 1. The third-order valence-electron chi connectivity index (χ3n) is 7.73. The van der Waals surface area contributed by atoms with Gasteiger partial charge in [0, 0.05) is 43.2 Å². The van der Waals surface area contributed by atoms with E-state index in [2.05, 4.69) is 47.7 Å². The molecule has 0 spiro atoms. The quantitative estimate of drug-likeness (QED) is 0.197. The number of aryl methyl sites for hydroxylation is 1. The number of anilines is 1. The molecular weight excluding hydrogens is 510 g/mol. The molecule has 1 atom stereocenters. The van der Waals surface area contributed by atoms with Crippen LogP contribution in [0.25, 0.3) is 11.1 Å². The van der Waals surface area contributed by atoms with Crippen LogP contribution in [0.1, 0.15) is 102 Å². The molecule has 2 heterocycles. The van der Waals surface area contributed by atoms with Crippen LogP contribution in [0.4, 0.5) is 5.69 Å². The predicted octanol–water partition coefficient (Wildman–Crippen LogP) is 6.73. The second-order valence-electron chi connectivity index (χ2n) is 10.9. The van der Waals surface area contributed by atoms with Crippen molar-refractivity contribution in [1.29, 1.82) is 0 Å². The summed E-state index contributed by atoms with van der Waals surface area (Å²) < 4.78 is 26.9. The molecule has 1 unspecified atom stereocenters. The Hall–Kier alpha value is -2.29. The number of nitrogens with zero attached hydrogens (tertiary/aromatic N) is 2. The molecule has 2 aliphatic rings. The van der Waals surface area contributed by atoms with E-state index in [1.807, 2.05) is 13.2 Å². The molecule has 39 heavy (non-hydrogen) atoms. The number of fused-ring (bicyclic) bond motifs is 1. The molecule has 1 aliphatic heterocycles. The molecule has 8 heteroatoms. The molecule has 1 aromatic heterocycles. The lowest BCUT2D eigenvalue weighted by atomic mass is 9.95. The van der Waals surface area contributed by atoms with Crippen molar-refractivity contribution < 1.29 is 17.8 Å². The highest BCUT2D eigenvalue weighted by Gasteiger charge is 2.32. The summed E-state index contributed by atoms with van der Waals surface area (Å²) in [5.41, 5.74) is 5.99. The summed E-state index contributed by atoms with van der Waals surface area (Å²) in [5, 5.41) is 3.86. The topological polar surface area (TPSA) is 99.6 Å². The van der Waals surface area contributed by atoms with Crippen molar-refractivity contribution in [2.45, 2.75) is 96.9 Å². The zero-order valence-corrected chi connectivity index (χ0v) is 24.8. The van der Waals surface area contributed by atoms with Crippen molar-refractivity contribution in [2.24, 2.45) is 5.92 Å². The Morgan fingerprint density at radius 3 is 2.28 bits per heavy atom. The number of amides is 1. The molecule has 1 fully saturated rings. The zero-order chi connectivity index (χ0) is 28.3. The van der Waals surface area contributed by atoms with Crippen molar-refractivity contribution >= 4 is 21.7 Å². The van der Waals surface area contributed by atoms with Gasteiger partial charge in [-0.3, -0.25) is 14.3 Å². The van der Waals surface area contributed by atoms with Gasteiger partial charge >= 0.3 is 0 Å². The molecule has 1 amide bonds. The van der Waals surface area contributed by atoms with Crippen LogP contribution in [0, 0.1) is 5.92 Å². The number of pyridine rings is 1. The maximum absolute atomic E-state index is 12.0. The van der Waals surface area contributed by atoms with Crippen molar-refractivity contribution in [3.63, 3.8) is 0 Å². The van der Waals surface area contributed by atoms with Crippen LogP contribution >= 0.6 is 0 Å². The number of nitrogens with one attached hydrogen (secondary N) is 1. The van der Waals surface area contributed by atoms with E-state index in [4.69, 9.17) is 4.55 Å². The lowest BCUT2D eigenvalue weighted by Gasteiger charge is -2.26. The van der Waals surface area contributed by atoms with Gasteiger partial charge in [-0.25, -0.2) is 0 Å². The minimum absolute atomic E-state index is 0.201. The van der Waals surface area contributed by atoms with Crippen LogP contribution in [0.2, 0.25) is 0 Å². The first-order chi connectivity index (χ1) is 18.7. The number of carbonyl (C=O) groups excluding carboxylic acids is 1. The molecule has 0 radical (unpaired) electrons. The van der Waals surface area contributed by atoms with Gasteiger partial charge in [0.2, 0.25) is 5.91 Å². The van der Waals surface area contributed by atoms with E-state index >= 15 is 0 Å². The maximum Gasteiger partial charge on any atom is 0.264 e. The molecule has 216 valence electrons. The van der Waals surface area contributed by atoms with E-state index in [-0.39, 0.29) is 11.7 Å². The molecular formula is C31H47N3O4S. The standard InChI is InChI=1S/C29H41N3O.C2H6O3S/c1-3-4-5-6-7-8-9-10-17-31-29(22-11-12-22)26-19-25(20-30-21-26)23-13-15-27-24(18-23)14-16-28(33)32(27)2;1-2-6(3,4)5/h13,15,18-22,29,31H,3-12,14,16-17H2,1-2H3;2H2,1H3,(H,3,4,5). The SMILES string of the molecule is CCCCCCCCCCNC(c1cncc(-c2ccc3c(c2)CCC(=O)N3C)c1)C1CC1.CCS(=O)(=O)O. The van der Waals surface area contributed by atoms with Crippen molar-refractivity contribution in [1.82, 2.24) is 10.3 Å². The van der Waals surface area contributed by atoms with Crippen LogP contribution < -0.4 is 10.2 Å². The second kappa shape index (κ2) is 15.5. The van der Waals surface area contributed by atoms with E-state index in [1.54, 1.807) is 4.90 Å². The van der Waals surface area contributed by atoms with Gasteiger partial charge in [0.05, 0.1) is 5.75 Å². The molecule has 0 saturated heterocycles. The Morgan fingerprint density at radius 2 is 1.64 bits per heavy atom. The highest BCUT2D eigenvalue weighted by molar-refractivity contribution is 7.85. The molecule has 1 saturated carbocycles. The molecule has 2 N–H and O–H groups in total. The lowest BCUT2D eigenvalue weighted by molar-refractivity contribution is -0.118. The number of hydrogen-bond donors (Lipinski definition) is 2. The van der Waals surface area contributed by atoms with Crippen LogP contribution in [0.15, 0.2) is 36.7 Å². The van der Waals surface area contributed by atoms with Crippen LogP contribution in [-0.4, -0.2) is 43.2 Å². The van der Waals surface area contributed by atoms with E-state index in [0.717, 1.165) is 24.6 Å². The molecule has 1 aliphatic carbocycles. The fourth-order valence-corrected chi connectivity index (χ4v) is 5.12. The lowest BCUT2D eigenvalue weighted by Crippen LogP contribution is -2.30. The summed E-state index contributed by atoms with van der Waals surface area (Å²) in [6.07, 6.45) is 19.0. The minimum Gasteiger partial charge on any atom is -0.315 e. The third kappa shape index (κ3) is 10.3. The summed E-state index contributed by atoms with van der Waals surface area (Å²) in [7, 11) is -1.79. The fraction of sp³-hybridized carbons (Fsp3) is 0.613. The van der Waals surface area contributed by atoms with Gasteiger partial charge in [-0.05, 0) is 80.0 Å². The van der Waals surface area contributed by atoms with Crippen molar-refractivity contribution in [2.75, 3.05) is 24.2 Å². The Bertz CT molecular complexity index is 1160. The molecule has 7 nitrogen and oxygen atoms in total. The molecule has 0 bridgehead atoms. The summed E-state index contributed by atoms with van der Waals surface area (Å²) in [4.78, 5) is 18.4. The van der Waals surface area contributed by atoms with Gasteiger partial charge in [-0.15, -0.1) is 0 Å². The van der Waals surface area contributed by atoms with E-state index in [9.17, 15) is 13.2 Å². The minimum atomic E-state index is -3.66. The smallest absolute Gasteiger partial charge is 0.264 e. The third-order valence-corrected chi connectivity index (χ3v) is 8.46. The summed E-state index contributed by atoms with van der Waals surface area (Å²) >= 11 is 0. The number of rotatable bonds is 14. The van der Waals surface area contributed by atoms with Crippen LogP contribution in [-0.2, 0) is 21.3 Å². The maximum atomic E-state index is 12.0. The Balaban J connectivity index is 0.000000631. The summed E-state index contributed by atoms with van der Waals surface area (Å²) in [5.74, 6) is 0.751. The van der Waals surface area contributed by atoms with Gasteiger partial charge in [0.25, 0.3) is 10.1 Å².